The molecule has 4 heteroatoms. The Labute approximate surface area is 114 Å². The van der Waals surface area contributed by atoms with Gasteiger partial charge in [0.2, 0.25) is 0 Å². The lowest BCUT2D eigenvalue weighted by molar-refractivity contribution is 0.0696. The summed E-state index contributed by atoms with van der Waals surface area (Å²) in [5.74, 6) is 1.16. The number of carbonyl (C=O) groups is 1. The van der Waals surface area contributed by atoms with Crippen molar-refractivity contribution in [3.8, 4) is 0 Å². The van der Waals surface area contributed by atoms with Crippen LogP contribution in [0.2, 0.25) is 0 Å². The fourth-order valence-corrected chi connectivity index (χ4v) is 3.03. The molecule has 1 saturated carbocycles. The van der Waals surface area contributed by atoms with Crippen LogP contribution in [-0.4, -0.2) is 17.1 Å². The molecule has 1 aromatic rings. The molecule has 1 aromatic heterocycles. The maximum Gasteiger partial charge on any atom is 0.338 e. The Balaban J connectivity index is 1.90. The van der Waals surface area contributed by atoms with Crippen molar-refractivity contribution >= 4 is 5.97 Å². The zero-order chi connectivity index (χ0) is 13.8. The van der Waals surface area contributed by atoms with Crippen molar-refractivity contribution in [3.63, 3.8) is 0 Å². The van der Waals surface area contributed by atoms with E-state index in [9.17, 15) is 4.79 Å². The predicted molar refractivity (Wildman–Crippen MR) is 73.1 cm³/mol. The summed E-state index contributed by atoms with van der Waals surface area (Å²) >= 11 is 0. The van der Waals surface area contributed by atoms with E-state index in [1.165, 1.54) is 31.9 Å². The fourth-order valence-electron chi connectivity index (χ4n) is 3.03. The zero-order valence-electron chi connectivity index (χ0n) is 11.7. The normalized spacial score (nSPS) is 23.7. The van der Waals surface area contributed by atoms with Crippen molar-refractivity contribution < 1.29 is 14.3 Å². The van der Waals surface area contributed by atoms with Crippen molar-refractivity contribution in [2.45, 2.75) is 52.1 Å². The molecule has 1 aliphatic carbocycles. The molecule has 2 unspecified atom stereocenters. The van der Waals surface area contributed by atoms with Crippen LogP contribution in [0.4, 0.5) is 0 Å². The van der Waals surface area contributed by atoms with E-state index in [0.717, 1.165) is 0 Å². The first kappa shape index (κ1) is 14.1. The summed E-state index contributed by atoms with van der Waals surface area (Å²) in [6.45, 7) is 5.17. The number of carboxylic acids is 1. The molecule has 1 fully saturated rings. The number of hydrogen-bond donors (Lipinski definition) is 2. The predicted octanol–water partition coefficient (Wildman–Crippen LogP) is 3.28. The lowest BCUT2D eigenvalue weighted by atomic mass is 9.78. The highest BCUT2D eigenvalue weighted by Gasteiger charge is 2.27. The molecular formula is C15H23NO3. The standard InChI is InChI=1S/C15H23NO3/c1-10(2)13-5-3-4-6-14(13)16-8-12-7-11(9-19-12)15(17)18/h7,9-10,13-14,16H,3-6,8H2,1-2H3,(H,17,18). The fraction of sp³-hybridized carbons (Fsp3) is 0.667. The van der Waals surface area contributed by atoms with Gasteiger partial charge >= 0.3 is 5.97 Å². The third kappa shape index (κ3) is 3.60. The minimum absolute atomic E-state index is 0.223. The van der Waals surface area contributed by atoms with E-state index in [4.69, 9.17) is 9.52 Å². The number of furan rings is 1. The van der Waals surface area contributed by atoms with Gasteiger partial charge in [-0.15, -0.1) is 0 Å². The third-order valence-corrected chi connectivity index (χ3v) is 4.11. The number of carboxylic acid groups (broad SMARTS) is 1. The van der Waals surface area contributed by atoms with E-state index in [2.05, 4.69) is 19.2 Å². The Hall–Kier alpha value is -1.29. The number of nitrogens with one attached hydrogen (secondary N) is 1. The van der Waals surface area contributed by atoms with Gasteiger partial charge in [-0.25, -0.2) is 4.79 Å². The molecule has 19 heavy (non-hydrogen) atoms. The highest BCUT2D eigenvalue weighted by atomic mass is 16.4. The summed E-state index contributed by atoms with van der Waals surface area (Å²) in [5, 5.41) is 12.4. The minimum Gasteiger partial charge on any atom is -0.478 e. The first-order valence-corrected chi connectivity index (χ1v) is 7.12. The summed E-state index contributed by atoms with van der Waals surface area (Å²) in [6.07, 6.45) is 6.40. The van der Waals surface area contributed by atoms with Gasteiger partial charge in [-0.3, -0.25) is 0 Å². The smallest absolute Gasteiger partial charge is 0.338 e. The largest absolute Gasteiger partial charge is 0.478 e. The Morgan fingerprint density at radius 2 is 2.21 bits per heavy atom. The molecule has 1 aliphatic rings. The zero-order valence-corrected chi connectivity index (χ0v) is 11.7. The summed E-state index contributed by atoms with van der Waals surface area (Å²) in [6, 6.07) is 2.12. The Kier molecular flexibility index (Phi) is 4.64. The summed E-state index contributed by atoms with van der Waals surface area (Å²) in [7, 11) is 0. The van der Waals surface area contributed by atoms with Gasteiger partial charge in [0.15, 0.2) is 0 Å². The maximum atomic E-state index is 10.8. The molecule has 1 heterocycles. The van der Waals surface area contributed by atoms with Crippen LogP contribution in [0.15, 0.2) is 16.7 Å². The highest BCUT2D eigenvalue weighted by molar-refractivity contribution is 5.87. The maximum absolute atomic E-state index is 10.8. The SMILES string of the molecule is CC(C)C1CCCCC1NCc1cc(C(=O)O)co1. The highest BCUT2D eigenvalue weighted by Crippen LogP contribution is 2.30. The van der Waals surface area contributed by atoms with Crippen LogP contribution >= 0.6 is 0 Å². The average molecular weight is 265 g/mol. The topological polar surface area (TPSA) is 62.5 Å². The second-order valence-electron chi connectivity index (χ2n) is 5.79. The summed E-state index contributed by atoms with van der Waals surface area (Å²) in [5.41, 5.74) is 0.223. The molecule has 0 bridgehead atoms. The van der Waals surface area contributed by atoms with Gasteiger partial charge in [0.25, 0.3) is 0 Å². The van der Waals surface area contributed by atoms with Crippen molar-refractivity contribution in [1.82, 2.24) is 5.32 Å². The van der Waals surface area contributed by atoms with Crippen molar-refractivity contribution in [2.24, 2.45) is 11.8 Å². The Morgan fingerprint density at radius 1 is 1.47 bits per heavy atom. The van der Waals surface area contributed by atoms with Crippen LogP contribution in [0.25, 0.3) is 0 Å². The van der Waals surface area contributed by atoms with E-state index < -0.39 is 5.97 Å². The second kappa shape index (κ2) is 6.24. The molecule has 106 valence electrons. The first-order chi connectivity index (χ1) is 9.08. The molecule has 4 nitrogen and oxygen atoms in total. The first-order valence-electron chi connectivity index (χ1n) is 7.12. The molecule has 0 aliphatic heterocycles. The van der Waals surface area contributed by atoms with E-state index in [-0.39, 0.29) is 5.56 Å². The lowest BCUT2D eigenvalue weighted by Gasteiger charge is -2.34. The van der Waals surface area contributed by atoms with Crippen LogP contribution in [-0.2, 0) is 6.54 Å². The quantitative estimate of drug-likeness (QED) is 0.857. The van der Waals surface area contributed by atoms with E-state index >= 15 is 0 Å². The van der Waals surface area contributed by atoms with Gasteiger partial charge in [0, 0.05) is 6.04 Å². The number of rotatable bonds is 5. The summed E-state index contributed by atoms with van der Waals surface area (Å²) < 4.78 is 5.27. The van der Waals surface area contributed by atoms with Crippen LogP contribution in [0.3, 0.4) is 0 Å². The molecule has 2 atom stereocenters. The van der Waals surface area contributed by atoms with Crippen molar-refractivity contribution in [3.05, 3.63) is 23.7 Å². The minimum atomic E-state index is -0.937. The molecule has 0 radical (unpaired) electrons. The number of hydrogen-bond acceptors (Lipinski definition) is 3. The second-order valence-corrected chi connectivity index (χ2v) is 5.79. The van der Waals surface area contributed by atoms with Gasteiger partial charge in [-0.2, -0.15) is 0 Å². The molecule has 0 aromatic carbocycles. The van der Waals surface area contributed by atoms with Crippen molar-refractivity contribution in [2.75, 3.05) is 0 Å². The van der Waals surface area contributed by atoms with Crippen LogP contribution in [0.5, 0.6) is 0 Å². The van der Waals surface area contributed by atoms with Crippen molar-refractivity contribution in [1.29, 1.82) is 0 Å². The van der Waals surface area contributed by atoms with Gasteiger partial charge in [0.1, 0.15) is 12.0 Å². The van der Waals surface area contributed by atoms with Gasteiger partial charge < -0.3 is 14.8 Å². The van der Waals surface area contributed by atoms with Gasteiger partial charge in [-0.05, 0) is 30.7 Å². The third-order valence-electron chi connectivity index (χ3n) is 4.11. The van der Waals surface area contributed by atoms with Crippen LogP contribution in [0.1, 0.15) is 55.6 Å². The lowest BCUT2D eigenvalue weighted by Crippen LogP contribution is -2.40. The van der Waals surface area contributed by atoms with E-state index in [1.807, 2.05) is 0 Å². The Bertz CT molecular complexity index is 425. The average Bonchev–Trinajstić information content (AvgIpc) is 2.85. The van der Waals surface area contributed by atoms with Gasteiger partial charge in [0.05, 0.1) is 12.1 Å². The summed E-state index contributed by atoms with van der Waals surface area (Å²) in [4.78, 5) is 10.8. The number of aromatic carboxylic acids is 1. The monoisotopic (exact) mass is 265 g/mol. The molecule has 2 N–H and O–H groups in total. The molecule has 0 saturated heterocycles. The van der Waals surface area contributed by atoms with E-state index in [1.54, 1.807) is 6.07 Å². The molecular weight excluding hydrogens is 242 g/mol. The van der Waals surface area contributed by atoms with Gasteiger partial charge in [-0.1, -0.05) is 26.7 Å². The van der Waals surface area contributed by atoms with E-state index in [0.29, 0.717) is 30.2 Å². The molecule has 0 spiro atoms. The van der Waals surface area contributed by atoms with Crippen LogP contribution < -0.4 is 5.32 Å². The van der Waals surface area contributed by atoms with Crippen LogP contribution in [0, 0.1) is 11.8 Å². The Morgan fingerprint density at radius 3 is 2.84 bits per heavy atom. The molecule has 0 amide bonds. The molecule has 2 rings (SSSR count).